The van der Waals surface area contributed by atoms with Crippen molar-refractivity contribution >= 4 is 47.4 Å². The highest BCUT2D eigenvalue weighted by Gasteiger charge is 2.58. The number of hydrogen-bond donors (Lipinski definition) is 2. The normalized spacial score (nSPS) is 22.8. The zero-order valence-electron chi connectivity index (χ0n) is 32.4. The van der Waals surface area contributed by atoms with Crippen molar-refractivity contribution in [3.05, 3.63) is 137 Å². The number of benzene rings is 3. The first-order chi connectivity index (χ1) is 27.8. The van der Waals surface area contributed by atoms with Gasteiger partial charge in [0.1, 0.15) is 21.6 Å². The Labute approximate surface area is 345 Å². The summed E-state index contributed by atoms with van der Waals surface area (Å²) in [6.07, 6.45) is 13.3. The minimum Gasteiger partial charge on any atom is -0.748 e. The quantitative estimate of drug-likeness (QED) is 0.138. The molecule has 3 unspecified atom stereocenters. The molecule has 3 aromatic rings. The van der Waals surface area contributed by atoms with Crippen molar-refractivity contribution in [2.75, 3.05) is 29.5 Å². The van der Waals surface area contributed by atoms with Crippen molar-refractivity contribution in [2.45, 2.75) is 79.8 Å². The molecule has 16 heteroatoms. The van der Waals surface area contributed by atoms with Crippen molar-refractivity contribution in [3.8, 4) is 0 Å². The third-order valence-electron chi connectivity index (χ3n) is 11.9. The van der Waals surface area contributed by atoms with Crippen LogP contribution < -0.4 is 4.90 Å². The van der Waals surface area contributed by atoms with E-state index in [0.717, 1.165) is 52.9 Å². The lowest BCUT2D eigenvalue weighted by Crippen LogP contribution is -2.38. The van der Waals surface area contributed by atoms with Gasteiger partial charge in [-0.15, -0.1) is 0 Å². The number of fused-ring (bicyclic) bond motifs is 5. The molecule has 3 aromatic carbocycles. The summed E-state index contributed by atoms with van der Waals surface area (Å²) in [4.78, 5) is 1.33. The molecule has 13 nitrogen and oxygen atoms in total. The van der Waals surface area contributed by atoms with Crippen LogP contribution in [0.4, 0.5) is 11.4 Å². The highest BCUT2D eigenvalue weighted by molar-refractivity contribution is 7.86. The monoisotopic (exact) mass is 862 g/mol. The Hall–Kier alpha value is -4.26. The smallest absolute Gasteiger partial charge is 0.210 e. The largest absolute Gasteiger partial charge is 0.748 e. The second kappa shape index (κ2) is 16.3. The molecule has 314 valence electrons. The summed E-state index contributed by atoms with van der Waals surface area (Å²) in [6, 6.07) is 20.1. The third-order valence-corrected chi connectivity index (χ3v) is 14.3. The summed E-state index contributed by atoms with van der Waals surface area (Å²) in [7, 11) is -14.3. The number of rotatable bonds is 13. The maximum Gasteiger partial charge on any atom is 0.210 e. The highest BCUT2D eigenvalue weighted by atomic mass is 32.2. The molecule has 0 aromatic heterocycles. The first-order valence-electron chi connectivity index (χ1n) is 19.5. The molecule has 2 saturated carbocycles. The Morgan fingerprint density at radius 1 is 0.763 bits per heavy atom. The van der Waals surface area contributed by atoms with Crippen LogP contribution in [0.3, 0.4) is 0 Å². The van der Waals surface area contributed by atoms with Crippen molar-refractivity contribution in [1.29, 1.82) is 0 Å². The summed E-state index contributed by atoms with van der Waals surface area (Å²) in [5.74, 6) is -1.93. The number of aliphatic hydroxyl groups excluding tert-OH is 2. The maximum atomic E-state index is 12.1. The van der Waals surface area contributed by atoms with Crippen molar-refractivity contribution in [2.24, 2.45) is 0 Å². The fourth-order valence-electron chi connectivity index (χ4n) is 9.74. The van der Waals surface area contributed by atoms with Crippen molar-refractivity contribution in [3.63, 3.8) is 0 Å². The van der Waals surface area contributed by atoms with Crippen LogP contribution in [-0.4, -0.2) is 96.2 Å². The van der Waals surface area contributed by atoms with Gasteiger partial charge in [-0.2, -0.15) is 4.58 Å². The number of anilines is 1. The van der Waals surface area contributed by atoms with Gasteiger partial charge in [0.2, 0.25) is 11.4 Å². The lowest BCUT2D eigenvalue weighted by molar-refractivity contribution is -0.448. The molecular weight excluding hydrogens is 817 g/mol. The average molecular weight is 863 g/mol. The van der Waals surface area contributed by atoms with Gasteiger partial charge < -0.3 is 28.8 Å². The van der Waals surface area contributed by atoms with Crippen molar-refractivity contribution < 1.29 is 53.7 Å². The Balaban J connectivity index is 1.26. The van der Waals surface area contributed by atoms with Crippen molar-refractivity contribution in [1.82, 2.24) is 0 Å². The Bertz CT molecular complexity index is 2630. The van der Waals surface area contributed by atoms with E-state index >= 15 is 0 Å². The number of nitrogens with zero attached hydrogens (tertiary/aromatic N) is 2. The SMILES string of the molecule is Cc1ccc2c(c1)C1(c3ccccc3)CC\C(=C/C=C/C=C/C=C3\N(CC(O)CS(=O)(=O)[O-])c4ccc(S(=O)(=O)[O-])cc4C34CCCCC4)C1=[N+]2CC(O)CS(=O)(=O)[O-]. The molecule has 2 aliphatic heterocycles. The number of hydrogen-bond acceptors (Lipinski definition) is 12. The molecule has 2 aliphatic carbocycles. The number of aryl methyl sites for hydroxylation is 1. The van der Waals surface area contributed by atoms with E-state index in [1.807, 2.05) is 66.1 Å². The zero-order valence-corrected chi connectivity index (χ0v) is 34.9. The van der Waals surface area contributed by atoms with Gasteiger partial charge in [0.15, 0.2) is 6.54 Å². The average Bonchev–Trinajstić information content (AvgIpc) is 3.74. The number of allylic oxidation sites excluding steroid dienone is 8. The van der Waals surface area contributed by atoms with E-state index in [-0.39, 0.29) is 18.0 Å². The van der Waals surface area contributed by atoms with E-state index in [2.05, 4.69) is 18.2 Å². The summed E-state index contributed by atoms with van der Waals surface area (Å²) in [5.41, 5.74) is 6.31. The summed E-state index contributed by atoms with van der Waals surface area (Å²) in [5, 5.41) is 21.6. The van der Waals surface area contributed by atoms with E-state index in [1.165, 1.54) is 18.2 Å². The molecule has 0 amide bonds. The minimum absolute atomic E-state index is 0.103. The van der Waals surface area contributed by atoms with Crippen LogP contribution in [0.2, 0.25) is 0 Å². The van der Waals surface area contributed by atoms with Gasteiger partial charge in [0.25, 0.3) is 0 Å². The molecule has 2 heterocycles. The molecule has 0 radical (unpaired) electrons. The van der Waals surface area contributed by atoms with E-state index in [9.17, 15) is 49.1 Å². The van der Waals surface area contributed by atoms with E-state index < -0.39 is 64.9 Å². The third kappa shape index (κ3) is 8.68. The number of β-amino-alcohol motifs (C(OH)–C–C–N with tert-alkyl or cyclic N) is 2. The van der Waals surface area contributed by atoms with Crippen LogP contribution in [-0.2, 0) is 41.2 Å². The predicted molar refractivity (Wildman–Crippen MR) is 220 cm³/mol. The lowest BCUT2D eigenvalue weighted by Gasteiger charge is -2.37. The highest BCUT2D eigenvalue weighted by Crippen LogP contribution is 2.56. The first kappa shape index (κ1) is 42.8. The predicted octanol–water partition coefficient (Wildman–Crippen LogP) is 4.53. The summed E-state index contributed by atoms with van der Waals surface area (Å²) >= 11 is 0. The lowest BCUT2D eigenvalue weighted by atomic mass is 9.68. The molecule has 2 fully saturated rings. The molecule has 0 saturated heterocycles. The zero-order chi connectivity index (χ0) is 42.4. The molecule has 2 N–H and O–H groups in total. The number of aliphatic hydroxyl groups is 2. The van der Waals surface area contributed by atoms with Gasteiger partial charge in [-0.05, 0) is 74.1 Å². The maximum absolute atomic E-state index is 12.1. The molecule has 59 heavy (non-hydrogen) atoms. The van der Waals surface area contributed by atoms with Crippen LogP contribution in [0, 0.1) is 6.92 Å². The Morgan fingerprint density at radius 2 is 1.42 bits per heavy atom. The van der Waals surface area contributed by atoms with Gasteiger partial charge in [0.05, 0.1) is 42.7 Å². The fraction of sp³-hybridized carbons (Fsp3) is 0.372. The molecule has 0 bridgehead atoms. The molecule has 4 aliphatic rings. The topological polar surface area (TPSA) is 218 Å². The van der Waals surface area contributed by atoms with E-state index in [1.54, 1.807) is 17.1 Å². The molecule has 1 spiro atoms. The van der Waals surface area contributed by atoms with Gasteiger partial charge >= 0.3 is 0 Å². The van der Waals surface area contributed by atoms with Crippen LogP contribution in [0.5, 0.6) is 0 Å². The fourth-order valence-corrected chi connectivity index (χ4v) is 11.4. The second-order valence-corrected chi connectivity index (χ2v) is 20.2. The summed E-state index contributed by atoms with van der Waals surface area (Å²) in [6.45, 7) is 1.65. The van der Waals surface area contributed by atoms with Gasteiger partial charge in [-0.3, -0.25) is 0 Å². The summed E-state index contributed by atoms with van der Waals surface area (Å²) < 4.78 is 108. The first-order valence-corrected chi connectivity index (χ1v) is 24.1. The van der Waals surface area contributed by atoms with Gasteiger partial charge in [0, 0.05) is 40.5 Å². The van der Waals surface area contributed by atoms with Crippen LogP contribution in [0.25, 0.3) is 0 Å². The van der Waals surface area contributed by atoms with Crippen LogP contribution >= 0.6 is 0 Å². The Kier molecular flexibility index (Phi) is 11.8. The molecule has 7 rings (SSSR count). The second-order valence-electron chi connectivity index (χ2n) is 15.9. The molecule has 3 atom stereocenters. The Morgan fingerprint density at radius 3 is 2.08 bits per heavy atom. The van der Waals surface area contributed by atoms with E-state index in [4.69, 9.17) is 0 Å². The molecular formula is C43H46N2O11S3-2. The standard InChI is InChI=1S/C43H48N2O11S3/c1-30-16-18-39-37(24-30)43(32-13-7-4-8-14-32)23-20-31(41(43)45(39)27-34(47)29-58(51,52)53)12-6-2-3-9-15-40-42(21-10-5-11-22-42)36-25-35(59(54,55)56)17-19-38(36)44(40)26-33(46)28-57(48,49)50/h2-4,6-9,12-19,24-25,33-34,46-47H,5,10-11,20-23,26-29H2,1H3,(H2-,48,49,50,51,52,53,54,55,56)/p-2. The van der Waals surface area contributed by atoms with Crippen LogP contribution in [0.1, 0.15) is 67.2 Å². The van der Waals surface area contributed by atoms with Gasteiger partial charge in [-0.1, -0.05) is 91.6 Å². The minimum atomic E-state index is -4.80. The van der Waals surface area contributed by atoms with Crippen LogP contribution in [0.15, 0.2) is 119 Å². The van der Waals surface area contributed by atoms with Gasteiger partial charge in [-0.25, -0.2) is 25.3 Å². The van der Waals surface area contributed by atoms with E-state index in [0.29, 0.717) is 42.6 Å².